The summed E-state index contributed by atoms with van der Waals surface area (Å²) in [5.74, 6) is -0.393. The summed E-state index contributed by atoms with van der Waals surface area (Å²) in [6, 6.07) is 4.87. The van der Waals surface area contributed by atoms with Crippen LogP contribution >= 0.6 is 11.6 Å². The van der Waals surface area contributed by atoms with E-state index in [0.29, 0.717) is 16.5 Å². The highest BCUT2D eigenvalue weighted by Gasteiger charge is 2.30. The summed E-state index contributed by atoms with van der Waals surface area (Å²) in [5.41, 5.74) is 0.503. The van der Waals surface area contributed by atoms with Crippen molar-refractivity contribution in [1.82, 2.24) is 0 Å². The number of fused-ring (bicyclic) bond motifs is 1. The minimum Gasteiger partial charge on any atom is -0.478 e. The Balaban J connectivity index is 2.18. The van der Waals surface area contributed by atoms with Gasteiger partial charge in [-0.2, -0.15) is 0 Å². The van der Waals surface area contributed by atoms with Gasteiger partial charge >= 0.3 is 5.97 Å². The second-order valence-corrected chi connectivity index (χ2v) is 3.95. The number of carbonyl (C=O) groups is 2. The normalized spacial score (nSPS) is 17.8. The minimum absolute atomic E-state index is 0.121. The van der Waals surface area contributed by atoms with E-state index in [1.807, 2.05) is 0 Å². The van der Waals surface area contributed by atoms with Crippen LogP contribution in [-0.2, 0) is 14.3 Å². The highest BCUT2D eigenvalue weighted by molar-refractivity contribution is 6.31. The number of amides is 1. The maximum absolute atomic E-state index is 11.6. The van der Waals surface area contributed by atoms with Gasteiger partial charge in [-0.3, -0.25) is 9.59 Å². The number of rotatable bonds is 2. The molecule has 1 aliphatic rings. The number of methoxy groups -OCH3 is 1. The van der Waals surface area contributed by atoms with Crippen LogP contribution in [0.15, 0.2) is 18.2 Å². The lowest BCUT2D eigenvalue weighted by Crippen LogP contribution is -2.38. The van der Waals surface area contributed by atoms with Gasteiger partial charge in [-0.15, -0.1) is 0 Å². The summed E-state index contributed by atoms with van der Waals surface area (Å²) in [5, 5.41) is 3.12. The van der Waals surface area contributed by atoms with E-state index < -0.39 is 12.1 Å². The van der Waals surface area contributed by atoms with Crippen molar-refractivity contribution in [2.24, 2.45) is 0 Å². The smallest absolute Gasteiger partial charge is 0.309 e. The first-order chi connectivity index (χ1) is 8.10. The average Bonchev–Trinajstić information content (AvgIpc) is 2.30. The van der Waals surface area contributed by atoms with Gasteiger partial charge in [-0.25, -0.2) is 0 Å². The van der Waals surface area contributed by atoms with Crippen molar-refractivity contribution in [3.63, 3.8) is 0 Å². The number of benzene rings is 1. The van der Waals surface area contributed by atoms with E-state index in [9.17, 15) is 9.59 Å². The zero-order valence-corrected chi connectivity index (χ0v) is 9.78. The Labute approximate surface area is 103 Å². The molecule has 17 heavy (non-hydrogen) atoms. The van der Waals surface area contributed by atoms with Gasteiger partial charge in [0.2, 0.25) is 0 Å². The number of nitrogens with one attached hydrogen (secondary N) is 1. The molecule has 1 atom stereocenters. The molecule has 0 fully saturated rings. The summed E-state index contributed by atoms with van der Waals surface area (Å²) in [6.45, 7) is 0. The fourth-order valence-corrected chi connectivity index (χ4v) is 1.66. The lowest BCUT2D eigenvalue weighted by molar-refractivity contribution is -0.145. The van der Waals surface area contributed by atoms with Crippen LogP contribution in [0.3, 0.4) is 0 Å². The first-order valence-corrected chi connectivity index (χ1v) is 5.32. The van der Waals surface area contributed by atoms with E-state index in [0.717, 1.165) is 0 Å². The molecule has 0 bridgehead atoms. The molecule has 0 saturated heterocycles. The van der Waals surface area contributed by atoms with Crippen LogP contribution in [0.1, 0.15) is 6.42 Å². The van der Waals surface area contributed by atoms with Crippen LogP contribution in [0.5, 0.6) is 5.75 Å². The lowest BCUT2D eigenvalue weighted by atomic mass is 10.1. The van der Waals surface area contributed by atoms with Crippen molar-refractivity contribution in [2.75, 3.05) is 12.4 Å². The standard InChI is InChI=1S/C11H10ClNO4/c1-16-10(14)5-9-11(15)13-7-4-6(12)2-3-8(7)17-9/h2-4,9H,5H2,1H3,(H,13,15). The SMILES string of the molecule is COC(=O)CC1Oc2ccc(Cl)cc2NC1=O. The number of carbonyl (C=O) groups excluding carboxylic acids is 2. The minimum atomic E-state index is -0.865. The van der Waals surface area contributed by atoms with Crippen LogP contribution in [-0.4, -0.2) is 25.1 Å². The molecule has 5 nitrogen and oxygen atoms in total. The second kappa shape index (κ2) is 4.63. The van der Waals surface area contributed by atoms with Crippen molar-refractivity contribution < 1.29 is 19.1 Å². The number of halogens is 1. The molecule has 2 rings (SSSR count). The molecular formula is C11H10ClNO4. The van der Waals surface area contributed by atoms with Gasteiger partial charge in [0.15, 0.2) is 6.10 Å². The third-order valence-corrected chi connectivity index (χ3v) is 2.58. The molecule has 0 aliphatic carbocycles. The summed E-state index contributed by atoms with van der Waals surface area (Å²) >= 11 is 5.79. The van der Waals surface area contributed by atoms with E-state index >= 15 is 0 Å². The van der Waals surface area contributed by atoms with Gasteiger partial charge in [0.1, 0.15) is 5.75 Å². The molecule has 1 amide bonds. The first-order valence-electron chi connectivity index (χ1n) is 4.94. The molecule has 6 heteroatoms. The van der Waals surface area contributed by atoms with Crippen molar-refractivity contribution in [1.29, 1.82) is 0 Å². The van der Waals surface area contributed by atoms with E-state index in [-0.39, 0.29) is 12.3 Å². The van der Waals surface area contributed by atoms with Gasteiger partial charge in [-0.1, -0.05) is 11.6 Å². The van der Waals surface area contributed by atoms with E-state index in [1.165, 1.54) is 7.11 Å². The Morgan fingerprint density at radius 1 is 1.59 bits per heavy atom. The molecule has 1 heterocycles. The lowest BCUT2D eigenvalue weighted by Gasteiger charge is -2.25. The van der Waals surface area contributed by atoms with Gasteiger partial charge in [0, 0.05) is 5.02 Å². The zero-order chi connectivity index (χ0) is 12.4. The average molecular weight is 256 g/mol. The van der Waals surface area contributed by atoms with Crippen LogP contribution < -0.4 is 10.1 Å². The monoisotopic (exact) mass is 255 g/mol. The number of ether oxygens (including phenoxy) is 2. The summed E-state index contributed by atoms with van der Waals surface area (Å²) in [4.78, 5) is 22.7. The Hall–Kier alpha value is -1.75. The molecule has 0 radical (unpaired) electrons. The van der Waals surface area contributed by atoms with Crippen LogP contribution in [0, 0.1) is 0 Å². The van der Waals surface area contributed by atoms with E-state index in [2.05, 4.69) is 10.1 Å². The Morgan fingerprint density at radius 2 is 2.35 bits per heavy atom. The zero-order valence-electron chi connectivity index (χ0n) is 9.03. The van der Waals surface area contributed by atoms with Crippen LogP contribution in [0.25, 0.3) is 0 Å². The van der Waals surface area contributed by atoms with Gasteiger partial charge < -0.3 is 14.8 Å². The molecule has 90 valence electrons. The molecule has 0 saturated carbocycles. The molecule has 1 aromatic carbocycles. The number of hydrogen-bond donors (Lipinski definition) is 1. The van der Waals surface area contributed by atoms with Gasteiger partial charge in [0.25, 0.3) is 5.91 Å². The third-order valence-electron chi connectivity index (χ3n) is 2.34. The number of anilines is 1. The molecule has 1 N–H and O–H groups in total. The van der Waals surface area contributed by atoms with Crippen LogP contribution in [0.4, 0.5) is 5.69 Å². The fraction of sp³-hybridized carbons (Fsp3) is 0.273. The molecule has 1 aliphatic heterocycles. The highest BCUT2D eigenvalue weighted by atomic mass is 35.5. The second-order valence-electron chi connectivity index (χ2n) is 3.52. The summed E-state index contributed by atoms with van der Waals surface area (Å²) in [7, 11) is 1.26. The van der Waals surface area contributed by atoms with Gasteiger partial charge in [-0.05, 0) is 18.2 Å². The Bertz CT molecular complexity index is 475. The molecule has 0 aromatic heterocycles. The first kappa shape index (κ1) is 11.7. The largest absolute Gasteiger partial charge is 0.478 e. The quantitative estimate of drug-likeness (QED) is 0.816. The van der Waals surface area contributed by atoms with Crippen molar-refractivity contribution in [2.45, 2.75) is 12.5 Å². The van der Waals surface area contributed by atoms with Gasteiger partial charge in [0.05, 0.1) is 19.2 Å². The predicted octanol–water partition coefficient (Wildman–Crippen LogP) is 1.60. The summed E-state index contributed by atoms with van der Waals surface area (Å²) in [6.07, 6.45) is -0.985. The molecule has 1 unspecified atom stereocenters. The van der Waals surface area contributed by atoms with Crippen molar-refractivity contribution in [3.8, 4) is 5.75 Å². The molecular weight excluding hydrogens is 246 g/mol. The topological polar surface area (TPSA) is 64.6 Å². The predicted molar refractivity (Wildman–Crippen MR) is 61.1 cm³/mol. The number of hydrogen-bond acceptors (Lipinski definition) is 4. The Kier molecular flexibility index (Phi) is 3.19. The maximum Gasteiger partial charge on any atom is 0.309 e. The third kappa shape index (κ3) is 2.50. The van der Waals surface area contributed by atoms with Crippen LogP contribution in [0.2, 0.25) is 5.02 Å². The molecule has 0 spiro atoms. The maximum atomic E-state index is 11.6. The highest BCUT2D eigenvalue weighted by Crippen LogP contribution is 2.32. The Morgan fingerprint density at radius 3 is 3.06 bits per heavy atom. The summed E-state index contributed by atoms with van der Waals surface area (Å²) < 4.78 is 9.89. The van der Waals surface area contributed by atoms with Crippen molar-refractivity contribution in [3.05, 3.63) is 23.2 Å². The van der Waals surface area contributed by atoms with E-state index in [4.69, 9.17) is 16.3 Å². The molecule has 1 aromatic rings. The number of esters is 1. The fourth-order valence-electron chi connectivity index (χ4n) is 1.49. The van der Waals surface area contributed by atoms with E-state index in [1.54, 1.807) is 18.2 Å². The van der Waals surface area contributed by atoms with Crippen molar-refractivity contribution >= 4 is 29.2 Å².